The predicted octanol–water partition coefficient (Wildman–Crippen LogP) is 2.67. The Balaban J connectivity index is 0.000000845. The van der Waals surface area contributed by atoms with Crippen molar-refractivity contribution in [3.05, 3.63) is 23.7 Å². The molecular formula is C10H16ClNO. The van der Waals surface area contributed by atoms with E-state index in [0.29, 0.717) is 5.92 Å². The third kappa shape index (κ3) is 2.26. The third-order valence-electron chi connectivity index (χ3n) is 2.49. The standard InChI is InChI=1S/C10H15NO.ClH/c1-2-8-5-6-9(12-8)10(11)7-3-4-7;/h5-7,10H,2-4,11H2,1H3;1H/t10-;/m0./s1. The molecule has 1 aromatic heterocycles. The molecule has 0 saturated heterocycles. The van der Waals surface area contributed by atoms with Gasteiger partial charge in [-0.15, -0.1) is 12.4 Å². The van der Waals surface area contributed by atoms with Crippen molar-refractivity contribution in [2.24, 2.45) is 11.7 Å². The summed E-state index contributed by atoms with van der Waals surface area (Å²) in [5, 5.41) is 0. The SMILES string of the molecule is CCc1ccc([C@@H](N)C2CC2)o1.Cl. The summed E-state index contributed by atoms with van der Waals surface area (Å²) in [7, 11) is 0. The molecule has 0 spiro atoms. The lowest BCUT2D eigenvalue weighted by Crippen LogP contribution is -2.10. The maximum absolute atomic E-state index is 5.97. The van der Waals surface area contributed by atoms with Gasteiger partial charge < -0.3 is 10.2 Å². The predicted molar refractivity (Wildman–Crippen MR) is 55.0 cm³/mol. The van der Waals surface area contributed by atoms with Gasteiger partial charge in [-0.2, -0.15) is 0 Å². The maximum Gasteiger partial charge on any atom is 0.121 e. The summed E-state index contributed by atoms with van der Waals surface area (Å²) in [6, 6.07) is 4.18. The highest BCUT2D eigenvalue weighted by molar-refractivity contribution is 5.85. The van der Waals surface area contributed by atoms with E-state index in [9.17, 15) is 0 Å². The third-order valence-corrected chi connectivity index (χ3v) is 2.49. The fourth-order valence-corrected chi connectivity index (χ4v) is 1.45. The van der Waals surface area contributed by atoms with Crippen molar-refractivity contribution in [1.82, 2.24) is 0 Å². The van der Waals surface area contributed by atoms with Crippen molar-refractivity contribution in [3.8, 4) is 0 Å². The molecule has 2 nitrogen and oxygen atoms in total. The second kappa shape index (κ2) is 4.16. The van der Waals surface area contributed by atoms with Gasteiger partial charge in [0.2, 0.25) is 0 Å². The van der Waals surface area contributed by atoms with E-state index < -0.39 is 0 Å². The van der Waals surface area contributed by atoms with Gasteiger partial charge in [-0.3, -0.25) is 0 Å². The molecule has 1 saturated carbocycles. The summed E-state index contributed by atoms with van der Waals surface area (Å²) >= 11 is 0. The fourth-order valence-electron chi connectivity index (χ4n) is 1.45. The van der Waals surface area contributed by atoms with Crippen molar-refractivity contribution in [2.45, 2.75) is 32.2 Å². The molecule has 13 heavy (non-hydrogen) atoms. The smallest absolute Gasteiger partial charge is 0.121 e. The lowest BCUT2D eigenvalue weighted by Gasteiger charge is -2.05. The van der Waals surface area contributed by atoms with Gasteiger partial charge in [0, 0.05) is 6.42 Å². The normalized spacial score (nSPS) is 18.0. The monoisotopic (exact) mass is 201 g/mol. The molecule has 1 fully saturated rings. The Labute approximate surface area is 84.9 Å². The van der Waals surface area contributed by atoms with Crippen LogP contribution in [0.4, 0.5) is 0 Å². The Bertz CT molecular complexity index is 268. The van der Waals surface area contributed by atoms with E-state index in [1.54, 1.807) is 0 Å². The fraction of sp³-hybridized carbons (Fsp3) is 0.600. The average molecular weight is 202 g/mol. The van der Waals surface area contributed by atoms with Crippen molar-refractivity contribution in [1.29, 1.82) is 0 Å². The summed E-state index contributed by atoms with van der Waals surface area (Å²) in [5.41, 5.74) is 5.97. The van der Waals surface area contributed by atoms with Crippen LogP contribution in [0.2, 0.25) is 0 Å². The van der Waals surface area contributed by atoms with E-state index in [1.165, 1.54) is 12.8 Å². The van der Waals surface area contributed by atoms with Crippen molar-refractivity contribution < 1.29 is 4.42 Å². The lowest BCUT2D eigenvalue weighted by atomic mass is 10.1. The van der Waals surface area contributed by atoms with Crippen LogP contribution in [0.15, 0.2) is 16.5 Å². The van der Waals surface area contributed by atoms with Gasteiger partial charge >= 0.3 is 0 Å². The zero-order valence-corrected chi connectivity index (χ0v) is 8.64. The average Bonchev–Trinajstić information content (AvgIpc) is 2.82. The Hall–Kier alpha value is -0.470. The summed E-state index contributed by atoms with van der Waals surface area (Å²) < 4.78 is 5.57. The molecule has 1 aliphatic rings. The molecule has 1 aliphatic carbocycles. The van der Waals surface area contributed by atoms with Crippen LogP contribution in [0, 0.1) is 5.92 Å². The van der Waals surface area contributed by atoms with Gasteiger partial charge in [-0.05, 0) is 30.9 Å². The highest BCUT2D eigenvalue weighted by Gasteiger charge is 2.31. The summed E-state index contributed by atoms with van der Waals surface area (Å²) in [6.07, 6.45) is 3.49. The number of nitrogens with two attached hydrogens (primary N) is 1. The van der Waals surface area contributed by atoms with Crippen LogP contribution in [0.3, 0.4) is 0 Å². The van der Waals surface area contributed by atoms with E-state index in [1.807, 2.05) is 12.1 Å². The highest BCUT2D eigenvalue weighted by atomic mass is 35.5. The number of hydrogen-bond acceptors (Lipinski definition) is 2. The van der Waals surface area contributed by atoms with E-state index in [0.717, 1.165) is 17.9 Å². The van der Waals surface area contributed by atoms with Crippen LogP contribution in [-0.2, 0) is 6.42 Å². The van der Waals surface area contributed by atoms with Gasteiger partial charge in [0.15, 0.2) is 0 Å². The zero-order chi connectivity index (χ0) is 8.55. The second-order valence-electron chi connectivity index (χ2n) is 3.52. The van der Waals surface area contributed by atoms with Crippen LogP contribution in [-0.4, -0.2) is 0 Å². The minimum atomic E-state index is 0. The summed E-state index contributed by atoms with van der Waals surface area (Å²) in [5.74, 6) is 2.69. The molecule has 2 N–H and O–H groups in total. The molecule has 2 rings (SSSR count). The van der Waals surface area contributed by atoms with Crippen LogP contribution in [0.5, 0.6) is 0 Å². The number of furan rings is 1. The van der Waals surface area contributed by atoms with Gasteiger partial charge in [-0.25, -0.2) is 0 Å². The van der Waals surface area contributed by atoms with E-state index in [2.05, 4.69) is 6.92 Å². The topological polar surface area (TPSA) is 39.2 Å². The molecule has 0 bridgehead atoms. The van der Waals surface area contributed by atoms with E-state index in [-0.39, 0.29) is 18.4 Å². The first-order valence-corrected chi connectivity index (χ1v) is 4.65. The maximum atomic E-state index is 5.97. The first-order chi connectivity index (χ1) is 5.81. The molecule has 1 atom stereocenters. The molecule has 74 valence electrons. The molecule has 1 aromatic rings. The molecule has 0 amide bonds. The first kappa shape index (κ1) is 10.6. The van der Waals surface area contributed by atoms with Crippen molar-refractivity contribution in [2.75, 3.05) is 0 Å². The minimum Gasteiger partial charge on any atom is -0.464 e. The first-order valence-electron chi connectivity index (χ1n) is 4.65. The molecule has 0 aliphatic heterocycles. The Morgan fingerprint density at radius 3 is 2.69 bits per heavy atom. The van der Waals surface area contributed by atoms with Gasteiger partial charge in [0.05, 0.1) is 6.04 Å². The Morgan fingerprint density at radius 1 is 1.54 bits per heavy atom. The molecular weight excluding hydrogens is 186 g/mol. The lowest BCUT2D eigenvalue weighted by molar-refractivity contribution is 0.417. The number of rotatable bonds is 3. The van der Waals surface area contributed by atoms with Gasteiger partial charge in [-0.1, -0.05) is 6.92 Å². The summed E-state index contributed by atoms with van der Waals surface area (Å²) in [6.45, 7) is 2.09. The number of hydrogen-bond donors (Lipinski definition) is 1. The van der Waals surface area contributed by atoms with Crippen LogP contribution >= 0.6 is 12.4 Å². The molecule has 3 heteroatoms. The van der Waals surface area contributed by atoms with Crippen LogP contribution in [0.1, 0.15) is 37.3 Å². The van der Waals surface area contributed by atoms with E-state index >= 15 is 0 Å². The second-order valence-corrected chi connectivity index (χ2v) is 3.52. The minimum absolute atomic E-state index is 0. The van der Waals surface area contributed by atoms with Gasteiger partial charge in [0.25, 0.3) is 0 Å². The largest absolute Gasteiger partial charge is 0.464 e. The van der Waals surface area contributed by atoms with Crippen LogP contribution < -0.4 is 5.73 Å². The molecule has 0 aromatic carbocycles. The number of aryl methyl sites for hydroxylation is 1. The van der Waals surface area contributed by atoms with Crippen molar-refractivity contribution in [3.63, 3.8) is 0 Å². The van der Waals surface area contributed by atoms with Crippen molar-refractivity contribution >= 4 is 12.4 Å². The zero-order valence-electron chi connectivity index (χ0n) is 7.82. The Kier molecular flexibility index (Phi) is 3.40. The highest BCUT2D eigenvalue weighted by Crippen LogP contribution is 2.39. The van der Waals surface area contributed by atoms with Crippen LogP contribution in [0.25, 0.3) is 0 Å². The quantitative estimate of drug-likeness (QED) is 0.817. The molecule has 1 heterocycles. The molecule has 0 unspecified atom stereocenters. The Morgan fingerprint density at radius 2 is 2.23 bits per heavy atom. The summed E-state index contributed by atoms with van der Waals surface area (Å²) in [4.78, 5) is 0. The van der Waals surface area contributed by atoms with Gasteiger partial charge in [0.1, 0.15) is 11.5 Å². The molecule has 0 radical (unpaired) electrons. The number of halogens is 1. The van der Waals surface area contributed by atoms with E-state index in [4.69, 9.17) is 10.2 Å².